The van der Waals surface area contributed by atoms with E-state index in [1.54, 1.807) is 0 Å². The van der Waals surface area contributed by atoms with Gasteiger partial charge in [-0.2, -0.15) is 35.1 Å². The normalized spacial score (nSPS) is 14.2. The van der Waals surface area contributed by atoms with Crippen LogP contribution in [0.5, 0.6) is 0 Å². The summed E-state index contributed by atoms with van der Waals surface area (Å²) in [6.07, 6.45) is 0. The highest BCUT2D eigenvalue weighted by Crippen LogP contribution is 2.47. The highest BCUT2D eigenvalue weighted by molar-refractivity contribution is 6.22. The lowest BCUT2D eigenvalue weighted by molar-refractivity contribution is -0.176. The van der Waals surface area contributed by atoms with Crippen molar-refractivity contribution in [2.45, 2.75) is 22.6 Å². The van der Waals surface area contributed by atoms with Gasteiger partial charge in [0.2, 0.25) is 0 Å². The minimum absolute atomic E-state index is 2.21. The second-order valence-corrected chi connectivity index (χ2v) is 4.04. The molecule has 112 valence electrons. The van der Waals surface area contributed by atoms with Crippen LogP contribution >= 0.6 is 23.2 Å². The highest BCUT2D eigenvalue weighted by atomic mass is 35.5. The first-order valence-electron chi connectivity index (χ1n) is 4.01. The van der Waals surface area contributed by atoms with Crippen molar-refractivity contribution < 1.29 is 39.9 Å². The number of hydrogen-bond donors (Lipinski definition) is 0. The van der Waals surface area contributed by atoms with Crippen molar-refractivity contribution in [3.05, 3.63) is 24.7 Å². The molecule has 0 bridgehead atoms. The van der Waals surface area contributed by atoms with E-state index in [9.17, 15) is 35.1 Å². The summed E-state index contributed by atoms with van der Waals surface area (Å²) in [5.41, 5.74) is 0. The summed E-state index contributed by atoms with van der Waals surface area (Å²) in [7, 11) is 0. The van der Waals surface area contributed by atoms with Crippen LogP contribution in [0.25, 0.3) is 0 Å². The average Bonchev–Trinajstić information content (AvgIpc) is 2.13. The van der Waals surface area contributed by atoms with Crippen LogP contribution in [0, 0.1) is 0 Å². The summed E-state index contributed by atoms with van der Waals surface area (Å²) in [6.45, 7) is 4.42. The third kappa shape index (κ3) is 3.65. The van der Waals surface area contributed by atoms with Gasteiger partial charge in [-0.05, 0) is 23.2 Å². The zero-order chi connectivity index (χ0) is 15.9. The van der Waals surface area contributed by atoms with E-state index in [1.807, 2.05) is 0 Å². The molecule has 0 saturated carbocycles. The second-order valence-electron chi connectivity index (χ2n) is 3.09. The standard InChI is InChI=1S/C8H4Cl2F8O/c1-3(5(11,12)7(9,15)16)19-4(2)6(13,14)8(10,17)18/h1-2H2. The quantitative estimate of drug-likeness (QED) is 0.377. The monoisotopic (exact) mass is 338 g/mol. The zero-order valence-corrected chi connectivity index (χ0v) is 10.1. The molecule has 11 heteroatoms. The van der Waals surface area contributed by atoms with Crippen molar-refractivity contribution in [1.29, 1.82) is 0 Å². The minimum atomic E-state index is -5.30. The Hall–Kier alpha value is -0.700. The van der Waals surface area contributed by atoms with Crippen LogP contribution in [0.4, 0.5) is 35.1 Å². The number of alkyl halides is 10. The van der Waals surface area contributed by atoms with Crippen molar-refractivity contribution in [2.24, 2.45) is 0 Å². The second kappa shape index (κ2) is 5.01. The maximum absolute atomic E-state index is 12.8. The summed E-state index contributed by atoms with van der Waals surface area (Å²) < 4.78 is 103. The van der Waals surface area contributed by atoms with E-state index in [0.717, 1.165) is 0 Å². The first-order chi connectivity index (χ1) is 8.05. The summed E-state index contributed by atoms with van der Waals surface area (Å²) in [5, 5.41) is -10.5. The molecule has 0 heterocycles. The third-order valence-corrected chi connectivity index (χ3v) is 2.13. The molecule has 0 radical (unpaired) electrons. The predicted octanol–water partition coefficient (Wildman–Crippen LogP) is 4.96. The van der Waals surface area contributed by atoms with E-state index in [2.05, 4.69) is 41.1 Å². The minimum Gasteiger partial charge on any atom is -0.454 e. The average molecular weight is 339 g/mol. The summed E-state index contributed by atoms with van der Waals surface area (Å²) in [5.74, 6) is -15.2. The molecule has 0 rings (SSSR count). The fourth-order valence-corrected chi connectivity index (χ4v) is 0.804. The Morgan fingerprint density at radius 1 is 0.684 bits per heavy atom. The SMILES string of the molecule is C=C(OC(=C)C(F)(F)C(F)(F)Cl)C(F)(F)C(F)(F)Cl. The molecule has 0 aliphatic rings. The Bertz CT molecular complexity index is 345. The van der Waals surface area contributed by atoms with E-state index in [0.29, 0.717) is 0 Å². The maximum Gasteiger partial charge on any atom is 0.391 e. The molecule has 0 fully saturated rings. The zero-order valence-electron chi connectivity index (χ0n) is 8.60. The molecule has 0 aromatic rings. The first kappa shape index (κ1) is 18.3. The van der Waals surface area contributed by atoms with Crippen molar-refractivity contribution in [3.8, 4) is 0 Å². The van der Waals surface area contributed by atoms with Gasteiger partial charge >= 0.3 is 22.6 Å². The Balaban J connectivity index is 5.11. The van der Waals surface area contributed by atoms with Crippen molar-refractivity contribution >= 4 is 23.2 Å². The lowest BCUT2D eigenvalue weighted by Gasteiger charge is -2.27. The van der Waals surface area contributed by atoms with Gasteiger partial charge in [-0.25, -0.2) is 0 Å². The molecule has 19 heavy (non-hydrogen) atoms. The Morgan fingerprint density at radius 2 is 0.895 bits per heavy atom. The summed E-state index contributed by atoms with van der Waals surface area (Å²) >= 11 is 7.98. The fourth-order valence-electron chi connectivity index (χ4n) is 0.593. The van der Waals surface area contributed by atoms with Gasteiger partial charge in [0.1, 0.15) is 0 Å². The van der Waals surface area contributed by atoms with Crippen LogP contribution in [-0.2, 0) is 4.74 Å². The number of allylic oxidation sites excluding steroid dienone is 2. The molecule has 0 amide bonds. The maximum atomic E-state index is 12.8. The number of rotatable bonds is 6. The lowest BCUT2D eigenvalue weighted by Crippen LogP contribution is -2.41. The molecule has 0 spiro atoms. The molecular formula is C8H4Cl2F8O. The van der Waals surface area contributed by atoms with Crippen molar-refractivity contribution in [2.75, 3.05) is 0 Å². The van der Waals surface area contributed by atoms with E-state index < -0.39 is 34.1 Å². The summed E-state index contributed by atoms with van der Waals surface area (Å²) in [4.78, 5) is 0. The molecule has 0 atom stereocenters. The molecule has 0 unspecified atom stereocenters. The number of hydrogen-bond acceptors (Lipinski definition) is 1. The van der Waals surface area contributed by atoms with Crippen LogP contribution < -0.4 is 0 Å². The first-order valence-corrected chi connectivity index (χ1v) is 4.76. The Labute approximate surface area is 111 Å². The topological polar surface area (TPSA) is 9.23 Å². The largest absolute Gasteiger partial charge is 0.454 e. The van der Waals surface area contributed by atoms with Crippen LogP contribution in [0.1, 0.15) is 0 Å². The van der Waals surface area contributed by atoms with Gasteiger partial charge < -0.3 is 4.74 Å². The van der Waals surface area contributed by atoms with Gasteiger partial charge in [0.15, 0.2) is 11.5 Å². The van der Waals surface area contributed by atoms with Crippen molar-refractivity contribution in [3.63, 3.8) is 0 Å². The summed E-state index contributed by atoms with van der Waals surface area (Å²) in [6, 6.07) is 0. The van der Waals surface area contributed by atoms with Crippen LogP contribution in [0.3, 0.4) is 0 Å². The molecule has 0 saturated heterocycles. The number of halogens is 10. The van der Waals surface area contributed by atoms with Crippen molar-refractivity contribution in [1.82, 2.24) is 0 Å². The molecule has 0 N–H and O–H groups in total. The molecule has 0 aromatic heterocycles. The van der Waals surface area contributed by atoms with E-state index >= 15 is 0 Å². The number of ether oxygens (including phenoxy) is 1. The van der Waals surface area contributed by atoms with Gasteiger partial charge in [-0.3, -0.25) is 0 Å². The van der Waals surface area contributed by atoms with Crippen LogP contribution in [-0.4, -0.2) is 22.6 Å². The third-order valence-electron chi connectivity index (χ3n) is 1.66. The van der Waals surface area contributed by atoms with Crippen LogP contribution in [0.15, 0.2) is 24.7 Å². The van der Waals surface area contributed by atoms with Gasteiger partial charge in [0.05, 0.1) is 0 Å². The smallest absolute Gasteiger partial charge is 0.391 e. The highest BCUT2D eigenvalue weighted by Gasteiger charge is 2.62. The molecule has 1 nitrogen and oxygen atoms in total. The Kier molecular flexibility index (Phi) is 4.82. The molecular weight excluding hydrogens is 335 g/mol. The van der Waals surface area contributed by atoms with Crippen LogP contribution in [0.2, 0.25) is 0 Å². The molecule has 0 aliphatic carbocycles. The van der Waals surface area contributed by atoms with E-state index in [4.69, 9.17) is 0 Å². The fraction of sp³-hybridized carbons (Fsp3) is 0.500. The van der Waals surface area contributed by atoms with Gasteiger partial charge in [0.25, 0.3) is 0 Å². The molecule has 0 aliphatic heterocycles. The Morgan fingerprint density at radius 3 is 1.05 bits per heavy atom. The predicted molar refractivity (Wildman–Crippen MR) is 50.9 cm³/mol. The lowest BCUT2D eigenvalue weighted by atomic mass is 10.2. The van der Waals surface area contributed by atoms with E-state index in [1.165, 1.54) is 0 Å². The van der Waals surface area contributed by atoms with Gasteiger partial charge in [-0.1, -0.05) is 13.2 Å². The molecule has 0 aromatic carbocycles. The van der Waals surface area contributed by atoms with Gasteiger partial charge in [-0.15, -0.1) is 0 Å². The van der Waals surface area contributed by atoms with E-state index in [-0.39, 0.29) is 0 Å². The van der Waals surface area contributed by atoms with Gasteiger partial charge in [0, 0.05) is 0 Å².